The first kappa shape index (κ1) is 22.2. The molecule has 10 heteroatoms. The van der Waals surface area contributed by atoms with Gasteiger partial charge in [0.15, 0.2) is 25.5 Å². The van der Waals surface area contributed by atoms with E-state index in [4.69, 9.17) is 9.16 Å². The van der Waals surface area contributed by atoms with Crippen LogP contribution >= 0.6 is 0 Å². The van der Waals surface area contributed by atoms with E-state index < -0.39 is 19.9 Å². The standard InChI is InChI=1S/C22H26N4O5Si/c1-13-6-15(7-17-19(14(2)27)25-26(20(13)17)10-18(28)29)16-8-23-21(24-9-16)22(11-30-12-22)31-32(3,4)5/h6-9H,10-12H2,1-5H3,(H,28,29). The predicted molar refractivity (Wildman–Crippen MR) is 120 cm³/mol. The van der Waals surface area contributed by atoms with Crippen molar-refractivity contribution in [2.45, 2.75) is 45.6 Å². The van der Waals surface area contributed by atoms with Crippen LogP contribution in [0.1, 0.15) is 28.8 Å². The van der Waals surface area contributed by atoms with Crippen molar-refractivity contribution in [2.24, 2.45) is 0 Å². The number of benzene rings is 1. The average Bonchev–Trinajstić information content (AvgIpc) is 3.02. The number of carbonyl (C=O) groups excluding carboxylic acids is 1. The fourth-order valence-corrected chi connectivity index (χ4v) is 5.40. The number of aliphatic carboxylic acids is 1. The molecule has 1 fully saturated rings. The summed E-state index contributed by atoms with van der Waals surface area (Å²) in [4.78, 5) is 32.6. The maximum atomic E-state index is 12.2. The lowest BCUT2D eigenvalue weighted by molar-refractivity contribution is -0.177. The molecule has 1 aliphatic rings. The number of rotatable bonds is 7. The molecule has 3 heterocycles. The van der Waals surface area contributed by atoms with Gasteiger partial charge in [0.1, 0.15) is 12.2 Å². The third kappa shape index (κ3) is 4.08. The van der Waals surface area contributed by atoms with E-state index in [1.54, 1.807) is 12.4 Å². The van der Waals surface area contributed by atoms with Crippen molar-refractivity contribution in [3.8, 4) is 11.1 Å². The topological polar surface area (TPSA) is 116 Å². The highest BCUT2D eigenvalue weighted by Crippen LogP contribution is 2.35. The summed E-state index contributed by atoms with van der Waals surface area (Å²) in [6.45, 7) is 10.2. The van der Waals surface area contributed by atoms with Gasteiger partial charge in [-0.1, -0.05) is 0 Å². The molecule has 1 saturated heterocycles. The zero-order valence-corrected chi connectivity index (χ0v) is 19.8. The Bertz CT molecular complexity index is 1210. The highest BCUT2D eigenvalue weighted by molar-refractivity contribution is 6.69. The molecule has 0 bridgehead atoms. The van der Waals surface area contributed by atoms with Crippen molar-refractivity contribution in [3.05, 3.63) is 41.6 Å². The van der Waals surface area contributed by atoms with Crippen LogP contribution in [0.15, 0.2) is 24.5 Å². The number of Topliss-reactive ketones (excluding diaryl/α,β-unsaturated/α-hetero) is 1. The first-order valence-electron chi connectivity index (χ1n) is 10.3. The maximum Gasteiger partial charge on any atom is 0.325 e. The van der Waals surface area contributed by atoms with Gasteiger partial charge in [0.05, 0.1) is 18.7 Å². The summed E-state index contributed by atoms with van der Waals surface area (Å²) in [5.41, 5.74) is 2.70. The number of ketones is 1. The Morgan fingerprint density at radius 1 is 1.19 bits per heavy atom. The summed E-state index contributed by atoms with van der Waals surface area (Å²) in [6, 6.07) is 3.76. The molecule has 1 aliphatic heterocycles. The number of carbonyl (C=O) groups is 2. The summed E-state index contributed by atoms with van der Waals surface area (Å²) in [5.74, 6) is -0.643. The molecule has 9 nitrogen and oxygen atoms in total. The van der Waals surface area contributed by atoms with Crippen LogP contribution in [-0.4, -0.2) is 58.1 Å². The Morgan fingerprint density at radius 3 is 2.34 bits per heavy atom. The fourth-order valence-electron chi connectivity index (χ4n) is 4.02. The minimum absolute atomic E-state index is 0.224. The first-order valence-corrected chi connectivity index (χ1v) is 13.7. The lowest BCUT2D eigenvalue weighted by Crippen LogP contribution is -2.55. The lowest BCUT2D eigenvalue weighted by atomic mass is 9.99. The van der Waals surface area contributed by atoms with Crippen LogP contribution in [0.5, 0.6) is 0 Å². The van der Waals surface area contributed by atoms with Crippen molar-refractivity contribution < 1.29 is 23.9 Å². The molecule has 0 radical (unpaired) electrons. The highest BCUT2D eigenvalue weighted by Gasteiger charge is 2.47. The SMILES string of the molecule is CC(=O)c1nn(CC(=O)O)c2c(C)cc(-c3cnc(C4(O[Si](C)(C)C)COC4)nc3)cc12. The summed E-state index contributed by atoms with van der Waals surface area (Å²) >= 11 is 0. The molecule has 1 aromatic carbocycles. The molecule has 168 valence electrons. The van der Waals surface area contributed by atoms with Crippen LogP contribution in [0.4, 0.5) is 0 Å². The number of ether oxygens (including phenoxy) is 1. The summed E-state index contributed by atoms with van der Waals surface area (Å²) < 4.78 is 13.1. The van der Waals surface area contributed by atoms with Gasteiger partial charge in [0.25, 0.3) is 0 Å². The van der Waals surface area contributed by atoms with E-state index in [1.165, 1.54) is 11.6 Å². The predicted octanol–water partition coefficient (Wildman–Crippen LogP) is 3.17. The van der Waals surface area contributed by atoms with Gasteiger partial charge >= 0.3 is 5.97 Å². The second kappa shape index (κ2) is 7.87. The number of fused-ring (bicyclic) bond motifs is 1. The van der Waals surface area contributed by atoms with Gasteiger partial charge in [-0.25, -0.2) is 9.97 Å². The maximum absolute atomic E-state index is 12.2. The van der Waals surface area contributed by atoms with Gasteiger partial charge in [-0.2, -0.15) is 5.10 Å². The number of aromatic nitrogens is 4. The number of carboxylic acids is 1. The molecule has 1 N–H and O–H groups in total. The Labute approximate surface area is 186 Å². The van der Waals surface area contributed by atoms with E-state index in [0.717, 1.165) is 16.7 Å². The van der Waals surface area contributed by atoms with Gasteiger partial charge in [-0.15, -0.1) is 0 Å². The number of hydrogen-bond donors (Lipinski definition) is 1. The van der Waals surface area contributed by atoms with E-state index in [0.29, 0.717) is 29.9 Å². The van der Waals surface area contributed by atoms with Gasteiger partial charge < -0.3 is 14.3 Å². The molecule has 32 heavy (non-hydrogen) atoms. The summed E-state index contributed by atoms with van der Waals surface area (Å²) in [6.07, 6.45) is 3.48. The van der Waals surface area contributed by atoms with Crippen molar-refractivity contribution in [1.82, 2.24) is 19.7 Å². The molecule has 2 aromatic heterocycles. The highest BCUT2D eigenvalue weighted by atomic mass is 28.4. The molecule has 0 unspecified atom stereocenters. The fraction of sp³-hybridized carbons (Fsp3) is 0.409. The van der Waals surface area contributed by atoms with Crippen molar-refractivity contribution in [3.63, 3.8) is 0 Å². The van der Waals surface area contributed by atoms with Crippen LogP contribution in [0.3, 0.4) is 0 Å². The van der Waals surface area contributed by atoms with Crippen molar-refractivity contribution in [1.29, 1.82) is 0 Å². The molecular formula is C22H26N4O5Si. The molecule has 3 aromatic rings. The molecule has 0 amide bonds. The van der Waals surface area contributed by atoms with E-state index in [2.05, 4.69) is 34.7 Å². The minimum atomic E-state index is -1.83. The number of hydrogen-bond acceptors (Lipinski definition) is 7. The summed E-state index contributed by atoms with van der Waals surface area (Å²) in [5, 5.41) is 14.1. The van der Waals surface area contributed by atoms with Gasteiger partial charge in [-0.05, 0) is 49.8 Å². The molecule has 0 saturated carbocycles. The van der Waals surface area contributed by atoms with Gasteiger partial charge in [-0.3, -0.25) is 14.3 Å². The van der Waals surface area contributed by atoms with Crippen molar-refractivity contribution in [2.75, 3.05) is 13.2 Å². The Kier molecular flexibility index (Phi) is 5.47. The Morgan fingerprint density at radius 2 is 1.84 bits per heavy atom. The largest absolute Gasteiger partial charge is 0.480 e. The third-order valence-corrected chi connectivity index (χ3v) is 6.22. The van der Waals surface area contributed by atoms with Crippen LogP contribution in [0.25, 0.3) is 22.0 Å². The lowest BCUT2D eigenvalue weighted by Gasteiger charge is -2.43. The average molecular weight is 455 g/mol. The van der Waals surface area contributed by atoms with E-state index in [9.17, 15) is 14.7 Å². The smallest absolute Gasteiger partial charge is 0.325 e. The second-order valence-electron chi connectivity index (χ2n) is 9.14. The molecule has 4 rings (SSSR count). The molecule has 0 atom stereocenters. The normalized spacial score (nSPS) is 15.5. The minimum Gasteiger partial charge on any atom is -0.480 e. The van der Waals surface area contributed by atoms with Gasteiger partial charge in [0, 0.05) is 30.3 Å². The van der Waals surface area contributed by atoms with E-state index in [-0.39, 0.29) is 18.0 Å². The Balaban J connectivity index is 1.75. The number of aryl methyl sites for hydroxylation is 1. The second-order valence-corrected chi connectivity index (χ2v) is 13.6. The van der Waals surface area contributed by atoms with E-state index in [1.807, 2.05) is 19.1 Å². The Hall–Kier alpha value is -2.95. The van der Waals surface area contributed by atoms with Crippen LogP contribution in [-0.2, 0) is 26.1 Å². The quantitative estimate of drug-likeness (QED) is 0.427. The zero-order chi connectivity index (χ0) is 23.3. The third-order valence-electron chi connectivity index (χ3n) is 5.22. The number of nitrogens with zero attached hydrogens (tertiary/aromatic N) is 4. The molecule has 0 aliphatic carbocycles. The van der Waals surface area contributed by atoms with Crippen LogP contribution in [0, 0.1) is 6.92 Å². The van der Waals surface area contributed by atoms with Crippen LogP contribution < -0.4 is 0 Å². The monoisotopic (exact) mass is 454 g/mol. The molecule has 0 spiro atoms. The van der Waals surface area contributed by atoms with E-state index >= 15 is 0 Å². The van der Waals surface area contributed by atoms with Crippen molar-refractivity contribution >= 4 is 31.0 Å². The van der Waals surface area contributed by atoms with Crippen LogP contribution in [0.2, 0.25) is 19.6 Å². The summed E-state index contributed by atoms with van der Waals surface area (Å²) in [7, 11) is -1.83. The first-order chi connectivity index (χ1) is 15.0. The number of carboxylic acid groups (broad SMARTS) is 1. The molecular weight excluding hydrogens is 428 g/mol. The van der Waals surface area contributed by atoms with Gasteiger partial charge in [0.2, 0.25) is 0 Å². The zero-order valence-electron chi connectivity index (χ0n) is 18.8.